The van der Waals surface area contributed by atoms with Gasteiger partial charge in [0.1, 0.15) is 12.4 Å². The van der Waals surface area contributed by atoms with Gasteiger partial charge in [-0.25, -0.2) is 0 Å². The largest absolute Gasteiger partial charge is 0.490 e. The van der Waals surface area contributed by atoms with Gasteiger partial charge in [-0.15, -0.1) is 0 Å². The second-order valence-electron chi connectivity index (χ2n) is 4.36. The number of pyridine rings is 1. The number of hydrogen-bond acceptors (Lipinski definition) is 3. The molecule has 0 aromatic carbocycles. The Labute approximate surface area is 108 Å². The van der Waals surface area contributed by atoms with Gasteiger partial charge in [-0.3, -0.25) is 9.98 Å². The first-order valence-electron chi connectivity index (χ1n) is 6.36. The summed E-state index contributed by atoms with van der Waals surface area (Å²) < 4.78 is 5.53. The zero-order chi connectivity index (χ0) is 12.6. The van der Waals surface area contributed by atoms with Crippen LogP contribution in [-0.2, 0) is 0 Å². The van der Waals surface area contributed by atoms with E-state index in [1.54, 1.807) is 19.4 Å². The van der Waals surface area contributed by atoms with E-state index < -0.39 is 0 Å². The molecule has 1 aliphatic rings. The highest BCUT2D eigenvalue weighted by Gasteiger charge is 2.20. The molecule has 1 aromatic heterocycles. The molecule has 98 valence electrons. The van der Waals surface area contributed by atoms with Gasteiger partial charge in [0.25, 0.3) is 0 Å². The number of aromatic nitrogens is 1. The molecule has 0 atom stereocenters. The Kier molecular flexibility index (Phi) is 4.81. The number of nitrogens with one attached hydrogen (secondary N) is 2. The monoisotopic (exact) mass is 248 g/mol. The fourth-order valence-corrected chi connectivity index (χ4v) is 1.55. The van der Waals surface area contributed by atoms with Gasteiger partial charge >= 0.3 is 0 Å². The van der Waals surface area contributed by atoms with E-state index >= 15 is 0 Å². The number of aliphatic imine (C=N–C) groups is 1. The highest BCUT2D eigenvalue weighted by Crippen LogP contribution is 2.27. The van der Waals surface area contributed by atoms with Crippen molar-refractivity contribution in [3.05, 3.63) is 24.5 Å². The van der Waals surface area contributed by atoms with Crippen LogP contribution in [0.4, 0.5) is 0 Å². The molecule has 2 N–H and O–H groups in total. The van der Waals surface area contributed by atoms with E-state index in [0.717, 1.165) is 30.7 Å². The summed E-state index contributed by atoms with van der Waals surface area (Å²) in [7, 11) is 1.78. The molecular formula is C13H20N4O. The highest BCUT2D eigenvalue weighted by atomic mass is 16.5. The summed E-state index contributed by atoms with van der Waals surface area (Å²) in [6.45, 7) is 2.33. The van der Waals surface area contributed by atoms with Crippen LogP contribution in [0.3, 0.4) is 0 Å². The van der Waals surface area contributed by atoms with E-state index in [1.807, 2.05) is 12.1 Å². The summed E-state index contributed by atoms with van der Waals surface area (Å²) in [6, 6.07) is 3.76. The molecule has 0 amide bonds. The highest BCUT2D eigenvalue weighted by molar-refractivity contribution is 5.79. The van der Waals surface area contributed by atoms with Crippen LogP contribution in [0, 0.1) is 5.92 Å². The maximum absolute atomic E-state index is 5.53. The molecule has 5 nitrogen and oxygen atoms in total. The Hall–Kier alpha value is -1.78. The average molecular weight is 248 g/mol. The number of rotatable bonds is 6. The molecule has 0 unspecified atom stereocenters. The summed E-state index contributed by atoms with van der Waals surface area (Å²) in [5.41, 5.74) is 0. The van der Waals surface area contributed by atoms with Crippen molar-refractivity contribution in [3.63, 3.8) is 0 Å². The van der Waals surface area contributed by atoms with Crippen molar-refractivity contribution in [2.45, 2.75) is 12.8 Å². The Bertz CT molecular complexity index is 376. The molecule has 0 bridgehead atoms. The molecular weight excluding hydrogens is 228 g/mol. The first kappa shape index (κ1) is 12.7. The van der Waals surface area contributed by atoms with E-state index in [-0.39, 0.29) is 0 Å². The third kappa shape index (κ3) is 4.61. The minimum Gasteiger partial charge on any atom is -0.490 e. The van der Waals surface area contributed by atoms with Crippen LogP contribution in [0.1, 0.15) is 12.8 Å². The van der Waals surface area contributed by atoms with Crippen molar-refractivity contribution in [3.8, 4) is 5.75 Å². The zero-order valence-corrected chi connectivity index (χ0v) is 10.7. The Balaban J connectivity index is 1.58. The van der Waals surface area contributed by atoms with E-state index in [9.17, 15) is 0 Å². The molecule has 1 fully saturated rings. The summed E-state index contributed by atoms with van der Waals surface area (Å²) in [5, 5.41) is 6.52. The third-order valence-electron chi connectivity index (χ3n) is 2.78. The molecule has 5 heteroatoms. The predicted octanol–water partition coefficient (Wildman–Crippen LogP) is 1.04. The normalized spacial score (nSPS) is 15.3. The summed E-state index contributed by atoms with van der Waals surface area (Å²) in [5.74, 6) is 2.48. The maximum atomic E-state index is 5.53. The van der Waals surface area contributed by atoms with Crippen LogP contribution >= 0.6 is 0 Å². The fraction of sp³-hybridized carbons (Fsp3) is 0.538. The van der Waals surface area contributed by atoms with Crippen LogP contribution in [0.25, 0.3) is 0 Å². The minimum absolute atomic E-state index is 0.593. The number of guanidine groups is 1. The lowest BCUT2D eigenvalue weighted by atomic mass is 10.4. The Morgan fingerprint density at radius 3 is 3.06 bits per heavy atom. The van der Waals surface area contributed by atoms with E-state index in [2.05, 4.69) is 20.6 Å². The van der Waals surface area contributed by atoms with Gasteiger partial charge in [0.2, 0.25) is 0 Å². The van der Waals surface area contributed by atoms with Gasteiger partial charge in [0.05, 0.1) is 12.7 Å². The molecule has 1 aromatic rings. The van der Waals surface area contributed by atoms with Crippen molar-refractivity contribution < 1.29 is 4.74 Å². The van der Waals surface area contributed by atoms with Gasteiger partial charge in [-0.1, -0.05) is 0 Å². The van der Waals surface area contributed by atoms with Gasteiger partial charge in [0, 0.05) is 19.8 Å². The Morgan fingerprint density at radius 2 is 2.39 bits per heavy atom. The zero-order valence-electron chi connectivity index (χ0n) is 10.7. The predicted molar refractivity (Wildman–Crippen MR) is 71.8 cm³/mol. The SMILES string of the molecule is CN=C(NCCOc1cccnc1)NCC1CC1. The molecule has 1 heterocycles. The molecule has 0 radical (unpaired) electrons. The molecule has 0 aliphatic heterocycles. The lowest BCUT2D eigenvalue weighted by Gasteiger charge is -2.11. The average Bonchev–Trinajstić information content (AvgIpc) is 3.23. The number of hydrogen-bond donors (Lipinski definition) is 2. The van der Waals surface area contributed by atoms with E-state index in [4.69, 9.17) is 4.74 Å². The van der Waals surface area contributed by atoms with Crippen LogP contribution < -0.4 is 15.4 Å². The third-order valence-corrected chi connectivity index (χ3v) is 2.78. The second-order valence-corrected chi connectivity index (χ2v) is 4.36. The second kappa shape index (κ2) is 6.83. The first-order chi connectivity index (χ1) is 8.88. The van der Waals surface area contributed by atoms with Crippen molar-refractivity contribution in [2.24, 2.45) is 10.9 Å². The molecule has 1 saturated carbocycles. The summed E-state index contributed by atoms with van der Waals surface area (Å²) in [6.07, 6.45) is 6.12. The standard InChI is InChI=1S/C13H20N4O/c1-14-13(17-9-11-4-5-11)16-7-8-18-12-3-2-6-15-10-12/h2-3,6,10-11H,4-5,7-9H2,1H3,(H2,14,16,17). The van der Waals surface area contributed by atoms with Crippen LogP contribution in [-0.4, -0.2) is 37.7 Å². The lowest BCUT2D eigenvalue weighted by Crippen LogP contribution is -2.40. The quantitative estimate of drug-likeness (QED) is 0.448. The first-order valence-corrected chi connectivity index (χ1v) is 6.36. The molecule has 0 spiro atoms. The van der Waals surface area contributed by atoms with E-state index in [1.165, 1.54) is 12.8 Å². The molecule has 1 aliphatic carbocycles. The smallest absolute Gasteiger partial charge is 0.191 e. The van der Waals surface area contributed by atoms with Gasteiger partial charge < -0.3 is 15.4 Å². The molecule has 18 heavy (non-hydrogen) atoms. The van der Waals surface area contributed by atoms with Gasteiger partial charge in [0.15, 0.2) is 5.96 Å². The topological polar surface area (TPSA) is 58.5 Å². The lowest BCUT2D eigenvalue weighted by molar-refractivity contribution is 0.320. The molecule has 2 rings (SSSR count). The number of nitrogens with zero attached hydrogens (tertiary/aromatic N) is 2. The van der Waals surface area contributed by atoms with Crippen LogP contribution in [0.2, 0.25) is 0 Å². The van der Waals surface area contributed by atoms with Crippen LogP contribution in [0.5, 0.6) is 5.75 Å². The molecule has 0 saturated heterocycles. The maximum Gasteiger partial charge on any atom is 0.191 e. The van der Waals surface area contributed by atoms with Crippen molar-refractivity contribution in [1.82, 2.24) is 15.6 Å². The summed E-state index contributed by atoms with van der Waals surface area (Å²) >= 11 is 0. The van der Waals surface area contributed by atoms with Crippen molar-refractivity contribution >= 4 is 5.96 Å². The summed E-state index contributed by atoms with van der Waals surface area (Å²) in [4.78, 5) is 8.15. The number of ether oxygens (including phenoxy) is 1. The minimum atomic E-state index is 0.593. The fourth-order valence-electron chi connectivity index (χ4n) is 1.55. The van der Waals surface area contributed by atoms with Crippen LogP contribution in [0.15, 0.2) is 29.5 Å². The van der Waals surface area contributed by atoms with Crippen molar-refractivity contribution in [2.75, 3.05) is 26.7 Å². The van der Waals surface area contributed by atoms with E-state index in [0.29, 0.717) is 6.61 Å². The van der Waals surface area contributed by atoms with Crippen molar-refractivity contribution in [1.29, 1.82) is 0 Å². The Morgan fingerprint density at radius 1 is 1.50 bits per heavy atom. The van der Waals surface area contributed by atoms with Gasteiger partial charge in [-0.2, -0.15) is 0 Å². The van der Waals surface area contributed by atoms with Gasteiger partial charge in [-0.05, 0) is 30.9 Å².